The molecule has 0 spiro atoms. The highest BCUT2D eigenvalue weighted by atomic mass is 19.1. The van der Waals surface area contributed by atoms with Crippen molar-refractivity contribution in [3.8, 4) is 0 Å². The lowest BCUT2D eigenvalue weighted by atomic mass is 9.64. The number of rotatable bonds is 3. The summed E-state index contributed by atoms with van der Waals surface area (Å²) in [4.78, 5) is 11.9. The molecule has 2 heterocycles. The second-order valence-corrected chi connectivity index (χ2v) is 5.48. The molecule has 3 fully saturated rings. The number of benzene rings is 1. The molecule has 2 saturated heterocycles. The summed E-state index contributed by atoms with van der Waals surface area (Å²) in [5, 5.41) is 6.44. The van der Waals surface area contributed by atoms with Gasteiger partial charge in [0.2, 0.25) is 0 Å². The third kappa shape index (κ3) is 1.72. The smallest absolute Gasteiger partial charge is 0.251 e. The van der Waals surface area contributed by atoms with Crippen LogP contribution in [-0.2, 0) is 0 Å². The third-order valence-electron chi connectivity index (χ3n) is 4.59. The van der Waals surface area contributed by atoms with Crippen LogP contribution in [0.3, 0.4) is 0 Å². The summed E-state index contributed by atoms with van der Waals surface area (Å²) in [6, 6.07) is 5.64. The van der Waals surface area contributed by atoms with Gasteiger partial charge in [0.05, 0.1) is 0 Å². The van der Waals surface area contributed by atoms with Gasteiger partial charge in [0, 0.05) is 17.6 Å². The summed E-state index contributed by atoms with van der Waals surface area (Å²) in [5.74, 6) is 0.950. The van der Waals surface area contributed by atoms with Crippen molar-refractivity contribution in [3.63, 3.8) is 0 Å². The Morgan fingerprint density at radius 2 is 2.22 bits per heavy atom. The average molecular weight is 248 g/mol. The molecule has 0 aromatic heterocycles. The Labute approximate surface area is 106 Å². The van der Waals surface area contributed by atoms with Gasteiger partial charge in [-0.2, -0.15) is 0 Å². The first kappa shape index (κ1) is 11.7. The average Bonchev–Trinajstić information content (AvgIpc) is 2.94. The van der Waals surface area contributed by atoms with Crippen molar-refractivity contribution < 1.29 is 9.18 Å². The van der Waals surface area contributed by atoms with Crippen molar-refractivity contribution in [1.82, 2.24) is 10.6 Å². The molecule has 2 N–H and O–H groups in total. The zero-order valence-electron chi connectivity index (χ0n) is 10.4. The van der Waals surface area contributed by atoms with E-state index in [1.807, 2.05) is 0 Å². The number of hydrogen-bond acceptors (Lipinski definition) is 2. The highest BCUT2D eigenvalue weighted by Gasteiger charge is 2.56. The molecule has 0 radical (unpaired) electrons. The summed E-state index contributed by atoms with van der Waals surface area (Å²) in [7, 11) is 0. The number of amides is 1. The second kappa shape index (κ2) is 4.05. The molecular formula is C14H17FN2O. The standard InChI is InChI=1S/C14H17FN2O/c1-9-11-6-14(9,17-7-11)8-16-13(18)10-2-4-12(15)5-3-10/h2-5,9,11,17H,6-8H2,1H3,(H,16,18)/t9-,11?,14+/m1/s1. The highest BCUT2D eigenvalue weighted by molar-refractivity contribution is 5.94. The van der Waals surface area contributed by atoms with Gasteiger partial charge in [-0.1, -0.05) is 6.92 Å². The van der Waals surface area contributed by atoms with E-state index in [0.29, 0.717) is 18.0 Å². The Kier molecular flexibility index (Phi) is 2.63. The Balaban J connectivity index is 1.60. The largest absolute Gasteiger partial charge is 0.350 e. The molecule has 2 bridgehead atoms. The fourth-order valence-corrected chi connectivity index (χ4v) is 3.17. The number of carbonyl (C=O) groups is 1. The van der Waals surface area contributed by atoms with Crippen LogP contribution < -0.4 is 10.6 Å². The molecule has 1 aromatic rings. The van der Waals surface area contributed by atoms with Crippen LogP contribution in [0.15, 0.2) is 24.3 Å². The number of fused-ring (bicyclic) bond motifs is 1. The van der Waals surface area contributed by atoms with E-state index in [2.05, 4.69) is 17.6 Å². The van der Waals surface area contributed by atoms with Gasteiger partial charge in [0.25, 0.3) is 5.91 Å². The predicted molar refractivity (Wildman–Crippen MR) is 66.7 cm³/mol. The van der Waals surface area contributed by atoms with Gasteiger partial charge in [0.1, 0.15) is 5.82 Å². The molecule has 1 aliphatic carbocycles. The first-order valence-corrected chi connectivity index (χ1v) is 6.39. The lowest BCUT2D eigenvalue weighted by Crippen LogP contribution is -2.58. The van der Waals surface area contributed by atoms with Crippen LogP contribution in [0.5, 0.6) is 0 Å². The maximum atomic E-state index is 12.8. The molecule has 3 nitrogen and oxygen atoms in total. The molecular weight excluding hydrogens is 231 g/mol. The van der Waals surface area contributed by atoms with Gasteiger partial charge < -0.3 is 10.6 Å². The van der Waals surface area contributed by atoms with E-state index in [-0.39, 0.29) is 17.3 Å². The van der Waals surface area contributed by atoms with Crippen molar-refractivity contribution in [2.24, 2.45) is 11.8 Å². The van der Waals surface area contributed by atoms with E-state index < -0.39 is 0 Å². The number of nitrogens with one attached hydrogen (secondary N) is 2. The molecule has 3 aliphatic rings. The van der Waals surface area contributed by atoms with E-state index in [9.17, 15) is 9.18 Å². The van der Waals surface area contributed by atoms with Crippen LogP contribution >= 0.6 is 0 Å². The lowest BCUT2D eigenvalue weighted by molar-refractivity contribution is 0.0858. The molecule has 1 saturated carbocycles. The van der Waals surface area contributed by atoms with Crippen molar-refractivity contribution in [2.75, 3.05) is 13.1 Å². The summed E-state index contributed by atoms with van der Waals surface area (Å²) in [5.41, 5.74) is 0.606. The highest BCUT2D eigenvalue weighted by Crippen LogP contribution is 2.48. The normalized spacial score (nSPS) is 33.0. The van der Waals surface area contributed by atoms with Gasteiger partial charge >= 0.3 is 0 Å². The van der Waals surface area contributed by atoms with Crippen LogP contribution in [0.2, 0.25) is 0 Å². The summed E-state index contributed by atoms with van der Waals surface area (Å²) in [6.07, 6.45) is 1.15. The Hall–Kier alpha value is -1.42. The van der Waals surface area contributed by atoms with Crippen molar-refractivity contribution in [2.45, 2.75) is 18.9 Å². The maximum Gasteiger partial charge on any atom is 0.251 e. The van der Waals surface area contributed by atoms with E-state index in [1.54, 1.807) is 0 Å². The van der Waals surface area contributed by atoms with Gasteiger partial charge in [-0.05, 0) is 49.1 Å². The first-order valence-electron chi connectivity index (χ1n) is 6.39. The summed E-state index contributed by atoms with van der Waals surface area (Å²) >= 11 is 0. The Morgan fingerprint density at radius 3 is 2.78 bits per heavy atom. The number of carbonyl (C=O) groups excluding carboxylic acids is 1. The molecule has 4 heteroatoms. The van der Waals surface area contributed by atoms with E-state index in [0.717, 1.165) is 18.9 Å². The van der Waals surface area contributed by atoms with Gasteiger partial charge in [-0.3, -0.25) is 4.79 Å². The quantitative estimate of drug-likeness (QED) is 0.852. The molecule has 1 aromatic carbocycles. The van der Waals surface area contributed by atoms with Gasteiger partial charge in [-0.25, -0.2) is 4.39 Å². The van der Waals surface area contributed by atoms with Crippen LogP contribution in [0.4, 0.5) is 4.39 Å². The monoisotopic (exact) mass is 248 g/mol. The predicted octanol–water partition coefficient (Wildman–Crippen LogP) is 1.55. The van der Waals surface area contributed by atoms with Gasteiger partial charge in [-0.15, -0.1) is 0 Å². The second-order valence-electron chi connectivity index (χ2n) is 5.48. The van der Waals surface area contributed by atoms with Crippen LogP contribution in [0.1, 0.15) is 23.7 Å². The minimum atomic E-state index is -0.321. The molecule has 96 valence electrons. The zero-order chi connectivity index (χ0) is 12.8. The van der Waals surface area contributed by atoms with Gasteiger partial charge in [0.15, 0.2) is 0 Å². The molecule has 18 heavy (non-hydrogen) atoms. The Morgan fingerprint density at radius 1 is 1.50 bits per heavy atom. The van der Waals surface area contributed by atoms with Crippen LogP contribution in [-0.4, -0.2) is 24.5 Å². The molecule has 4 rings (SSSR count). The maximum absolute atomic E-state index is 12.8. The SMILES string of the molecule is C[C@@H]1C2CN[C@]1(CNC(=O)c1ccc(F)cc1)C2. The van der Waals surface area contributed by atoms with E-state index >= 15 is 0 Å². The van der Waals surface area contributed by atoms with Crippen molar-refractivity contribution >= 4 is 5.91 Å². The minimum Gasteiger partial charge on any atom is -0.350 e. The topological polar surface area (TPSA) is 41.1 Å². The molecule has 1 amide bonds. The fourth-order valence-electron chi connectivity index (χ4n) is 3.17. The molecule has 2 aliphatic heterocycles. The van der Waals surface area contributed by atoms with Crippen molar-refractivity contribution in [3.05, 3.63) is 35.6 Å². The zero-order valence-corrected chi connectivity index (χ0v) is 10.4. The van der Waals surface area contributed by atoms with E-state index in [1.165, 1.54) is 24.3 Å². The first-order chi connectivity index (χ1) is 8.61. The Bertz CT molecular complexity index is 469. The third-order valence-corrected chi connectivity index (χ3v) is 4.59. The van der Waals surface area contributed by atoms with Crippen LogP contribution in [0.25, 0.3) is 0 Å². The fraction of sp³-hybridized carbons (Fsp3) is 0.500. The number of hydrogen-bond donors (Lipinski definition) is 2. The van der Waals surface area contributed by atoms with Crippen LogP contribution in [0, 0.1) is 17.7 Å². The molecule has 3 atom stereocenters. The molecule has 1 unspecified atom stereocenters. The summed E-state index contributed by atoms with van der Waals surface area (Å²) in [6.45, 7) is 3.95. The van der Waals surface area contributed by atoms with Crippen molar-refractivity contribution in [1.29, 1.82) is 0 Å². The summed E-state index contributed by atoms with van der Waals surface area (Å²) < 4.78 is 12.8. The van der Waals surface area contributed by atoms with E-state index in [4.69, 9.17) is 0 Å². The minimum absolute atomic E-state index is 0.0976. The number of halogens is 1. The lowest BCUT2D eigenvalue weighted by Gasteiger charge is -2.44.